The Kier molecular flexibility index (Phi) is 5.68. The number of aromatic nitrogens is 1. The predicted octanol–water partition coefficient (Wildman–Crippen LogP) is 3.05. The Hall–Kier alpha value is -3.27. The number of nitriles is 1. The topological polar surface area (TPSA) is 111 Å². The Balaban J connectivity index is 2.44. The number of aliphatic carboxylic acids is 1. The van der Waals surface area contributed by atoms with Crippen LogP contribution in [0.25, 0.3) is 0 Å². The van der Waals surface area contributed by atoms with E-state index in [1.54, 1.807) is 19.9 Å². The minimum Gasteiger partial charge on any atom is -0.504 e. The molecule has 0 aliphatic carbocycles. The number of nitrogens with zero attached hydrogens (tertiary/aromatic N) is 2. The van der Waals surface area contributed by atoms with Gasteiger partial charge in [0.05, 0.1) is 12.0 Å². The van der Waals surface area contributed by atoms with Crippen LogP contribution in [0.1, 0.15) is 51.3 Å². The van der Waals surface area contributed by atoms with E-state index in [2.05, 4.69) is 4.98 Å². The molecule has 0 amide bonds. The van der Waals surface area contributed by atoms with Gasteiger partial charge in [-0.1, -0.05) is 0 Å². The van der Waals surface area contributed by atoms with E-state index in [9.17, 15) is 24.3 Å². The SMILES string of the molecule is Cc1cc(F)cc(C)c1Cc1cc(C#N)c(O)c(C(=O)CCC(=O)O)n1. The van der Waals surface area contributed by atoms with Crippen molar-refractivity contribution < 1.29 is 24.2 Å². The number of carboxylic acids is 1. The first-order chi connectivity index (χ1) is 12.2. The highest BCUT2D eigenvalue weighted by atomic mass is 19.1. The first-order valence-corrected chi connectivity index (χ1v) is 7.86. The van der Waals surface area contributed by atoms with Gasteiger partial charge in [0.2, 0.25) is 0 Å². The molecule has 0 spiro atoms. The summed E-state index contributed by atoms with van der Waals surface area (Å²) in [5, 5.41) is 27.9. The summed E-state index contributed by atoms with van der Waals surface area (Å²) in [5.41, 5.74) is 2.13. The van der Waals surface area contributed by atoms with Gasteiger partial charge in [-0.2, -0.15) is 5.26 Å². The average molecular weight is 356 g/mol. The van der Waals surface area contributed by atoms with Gasteiger partial charge >= 0.3 is 5.97 Å². The molecule has 134 valence electrons. The molecule has 2 aromatic rings. The largest absolute Gasteiger partial charge is 0.504 e. The zero-order chi connectivity index (χ0) is 19.4. The number of hydrogen-bond donors (Lipinski definition) is 2. The fraction of sp³-hybridized carbons (Fsp3) is 0.263. The van der Waals surface area contributed by atoms with Crippen LogP contribution in [-0.2, 0) is 11.2 Å². The van der Waals surface area contributed by atoms with Crippen molar-refractivity contribution in [3.05, 3.63) is 57.7 Å². The van der Waals surface area contributed by atoms with Gasteiger partial charge in [0.1, 0.15) is 17.6 Å². The summed E-state index contributed by atoms with van der Waals surface area (Å²) in [5.74, 6) is -2.72. The van der Waals surface area contributed by atoms with Gasteiger partial charge in [0, 0.05) is 18.5 Å². The molecule has 0 unspecified atom stereocenters. The van der Waals surface area contributed by atoms with Crippen molar-refractivity contribution in [2.75, 3.05) is 0 Å². The molecule has 26 heavy (non-hydrogen) atoms. The number of aromatic hydroxyl groups is 1. The van der Waals surface area contributed by atoms with Gasteiger partial charge < -0.3 is 10.2 Å². The van der Waals surface area contributed by atoms with Crippen LogP contribution in [0.2, 0.25) is 0 Å². The van der Waals surface area contributed by atoms with Gasteiger partial charge in [-0.3, -0.25) is 9.59 Å². The number of hydrogen-bond acceptors (Lipinski definition) is 5. The van der Waals surface area contributed by atoms with E-state index in [-0.39, 0.29) is 29.9 Å². The van der Waals surface area contributed by atoms with Crippen LogP contribution >= 0.6 is 0 Å². The summed E-state index contributed by atoms with van der Waals surface area (Å²) in [6.45, 7) is 3.49. The number of carbonyl (C=O) groups excluding carboxylic acids is 1. The molecule has 0 atom stereocenters. The van der Waals surface area contributed by atoms with E-state index < -0.39 is 23.9 Å². The van der Waals surface area contributed by atoms with Gasteiger partial charge in [-0.05, 0) is 48.7 Å². The first-order valence-electron chi connectivity index (χ1n) is 7.86. The van der Waals surface area contributed by atoms with Crippen molar-refractivity contribution >= 4 is 11.8 Å². The Morgan fingerprint density at radius 1 is 1.19 bits per heavy atom. The maximum atomic E-state index is 13.5. The zero-order valence-electron chi connectivity index (χ0n) is 14.3. The molecule has 0 saturated heterocycles. The standard InChI is InChI=1S/C19H17FN2O4/c1-10-5-13(20)6-11(2)15(10)8-14-7-12(9-21)19(26)18(22-14)16(23)3-4-17(24)25/h5-7,26H,3-4,8H2,1-2H3,(H,24,25). The van der Waals surface area contributed by atoms with Crippen LogP contribution in [-0.4, -0.2) is 26.9 Å². The molecule has 6 nitrogen and oxygen atoms in total. The van der Waals surface area contributed by atoms with Crippen LogP contribution in [0, 0.1) is 31.0 Å². The molecule has 1 heterocycles. The van der Waals surface area contributed by atoms with Gasteiger partial charge in [0.15, 0.2) is 11.5 Å². The maximum Gasteiger partial charge on any atom is 0.303 e. The molecule has 7 heteroatoms. The summed E-state index contributed by atoms with van der Waals surface area (Å²) < 4.78 is 13.5. The highest BCUT2D eigenvalue weighted by molar-refractivity contribution is 5.98. The number of carboxylic acid groups (broad SMARTS) is 1. The van der Waals surface area contributed by atoms with E-state index in [0.717, 1.165) is 5.56 Å². The lowest BCUT2D eigenvalue weighted by Gasteiger charge is -2.12. The third-order valence-electron chi connectivity index (χ3n) is 4.01. The molecule has 0 fully saturated rings. The monoisotopic (exact) mass is 356 g/mol. The number of halogens is 1. The zero-order valence-corrected chi connectivity index (χ0v) is 14.3. The number of aryl methyl sites for hydroxylation is 2. The van der Waals surface area contributed by atoms with Crippen molar-refractivity contribution in [2.24, 2.45) is 0 Å². The lowest BCUT2D eigenvalue weighted by Crippen LogP contribution is -2.09. The molecular formula is C19H17FN2O4. The summed E-state index contributed by atoms with van der Waals surface area (Å²) in [4.78, 5) is 26.9. The normalized spacial score (nSPS) is 10.4. The van der Waals surface area contributed by atoms with Crippen LogP contribution < -0.4 is 0 Å². The predicted molar refractivity (Wildman–Crippen MR) is 90.5 cm³/mol. The molecule has 0 aliphatic heterocycles. The fourth-order valence-corrected chi connectivity index (χ4v) is 2.70. The minimum absolute atomic E-state index is 0.119. The summed E-state index contributed by atoms with van der Waals surface area (Å²) in [6.07, 6.45) is -0.493. The van der Waals surface area contributed by atoms with E-state index in [0.29, 0.717) is 16.8 Å². The van der Waals surface area contributed by atoms with Gasteiger partial charge in [-0.25, -0.2) is 9.37 Å². The third-order valence-corrected chi connectivity index (χ3v) is 4.01. The highest BCUT2D eigenvalue weighted by Gasteiger charge is 2.20. The van der Waals surface area contributed by atoms with Crippen LogP contribution in [0.3, 0.4) is 0 Å². The molecule has 0 bridgehead atoms. The third kappa shape index (κ3) is 4.22. The number of pyridine rings is 1. The van der Waals surface area contributed by atoms with E-state index in [1.165, 1.54) is 18.2 Å². The second-order valence-corrected chi connectivity index (χ2v) is 5.98. The van der Waals surface area contributed by atoms with Crippen LogP contribution in [0.5, 0.6) is 5.75 Å². The Morgan fingerprint density at radius 3 is 2.35 bits per heavy atom. The smallest absolute Gasteiger partial charge is 0.303 e. The van der Waals surface area contributed by atoms with Crippen molar-refractivity contribution in [3.63, 3.8) is 0 Å². The van der Waals surface area contributed by atoms with E-state index in [1.807, 2.05) is 0 Å². The summed E-state index contributed by atoms with van der Waals surface area (Å²) in [7, 11) is 0. The molecule has 0 radical (unpaired) electrons. The Bertz CT molecular complexity index is 909. The number of carbonyl (C=O) groups is 2. The Labute approximate surface area is 149 Å². The Morgan fingerprint density at radius 2 is 1.81 bits per heavy atom. The molecular weight excluding hydrogens is 339 g/mol. The van der Waals surface area contributed by atoms with Crippen LogP contribution in [0.15, 0.2) is 18.2 Å². The van der Waals surface area contributed by atoms with Crippen molar-refractivity contribution in [2.45, 2.75) is 33.1 Å². The average Bonchev–Trinajstić information content (AvgIpc) is 2.56. The van der Waals surface area contributed by atoms with Gasteiger partial charge in [-0.15, -0.1) is 0 Å². The molecule has 2 N–H and O–H groups in total. The van der Waals surface area contributed by atoms with Crippen molar-refractivity contribution in [3.8, 4) is 11.8 Å². The lowest BCUT2D eigenvalue weighted by molar-refractivity contribution is -0.136. The number of rotatable bonds is 6. The highest BCUT2D eigenvalue weighted by Crippen LogP contribution is 2.26. The molecule has 1 aromatic heterocycles. The second-order valence-electron chi connectivity index (χ2n) is 5.98. The number of ketones is 1. The van der Waals surface area contributed by atoms with Gasteiger partial charge in [0.25, 0.3) is 0 Å². The van der Waals surface area contributed by atoms with Crippen molar-refractivity contribution in [1.29, 1.82) is 5.26 Å². The minimum atomic E-state index is -1.15. The van der Waals surface area contributed by atoms with E-state index >= 15 is 0 Å². The summed E-state index contributed by atoms with van der Waals surface area (Å²) >= 11 is 0. The lowest BCUT2D eigenvalue weighted by atomic mass is 9.97. The molecule has 2 rings (SSSR count). The quantitative estimate of drug-likeness (QED) is 0.770. The maximum absolute atomic E-state index is 13.5. The van der Waals surface area contributed by atoms with E-state index in [4.69, 9.17) is 5.11 Å². The molecule has 0 aliphatic rings. The fourth-order valence-electron chi connectivity index (χ4n) is 2.70. The molecule has 1 aromatic carbocycles. The number of benzene rings is 1. The molecule has 0 saturated carbocycles. The summed E-state index contributed by atoms with van der Waals surface area (Å²) in [6, 6.07) is 5.93. The second kappa shape index (κ2) is 7.74. The first kappa shape index (κ1) is 19.1. The van der Waals surface area contributed by atoms with Crippen molar-refractivity contribution in [1.82, 2.24) is 4.98 Å². The number of Topliss-reactive ketones (excluding diaryl/α,β-unsaturated/α-hetero) is 1. The van der Waals surface area contributed by atoms with Crippen LogP contribution in [0.4, 0.5) is 4.39 Å².